The summed E-state index contributed by atoms with van der Waals surface area (Å²) in [6.45, 7) is 0.123. The first-order valence-corrected chi connectivity index (χ1v) is 10.8. The van der Waals surface area contributed by atoms with Crippen LogP contribution in [0.2, 0.25) is 0 Å². The van der Waals surface area contributed by atoms with Crippen molar-refractivity contribution in [3.8, 4) is 6.07 Å². The van der Waals surface area contributed by atoms with Gasteiger partial charge in [-0.2, -0.15) is 9.98 Å². The molecule has 10 heteroatoms. The lowest BCUT2D eigenvalue weighted by Crippen LogP contribution is -2.35. The van der Waals surface area contributed by atoms with Crippen molar-refractivity contribution < 1.29 is 16.8 Å². The van der Waals surface area contributed by atoms with Gasteiger partial charge in [-0.05, 0) is 49.2 Å². The minimum absolute atomic E-state index is 0.0351. The molecule has 3 rings (SSSR count). The number of nitriles is 1. The van der Waals surface area contributed by atoms with E-state index in [1.54, 1.807) is 10.6 Å². The van der Waals surface area contributed by atoms with Crippen LogP contribution < -0.4 is 9.44 Å². The molecule has 0 atom stereocenters. The van der Waals surface area contributed by atoms with E-state index in [0.29, 0.717) is 12.8 Å². The molecule has 1 heterocycles. The third-order valence-corrected chi connectivity index (χ3v) is 7.20. The second-order valence-electron chi connectivity index (χ2n) is 6.21. The quantitative estimate of drug-likeness (QED) is 0.721. The molecule has 0 amide bonds. The van der Waals surface area contributed by atoms with Gasteiger partial charge >= 0.3 is 0 Å². The molecule has 1 aliphatic carbocycles. The number of sulfonamides is 2. The molecule has 0 saturated heterocycles. The third-order valence-electron chi connectivity index (χ3n) is 4.23. The Labute approximate surface area is 152 Å². The largest absolute Gasteiger partial charge is 0.353 e. The molecule has 1 aromatic heterocycles. The lowest BCUT2D eigenvalue weighted by Gasteiger charge is -2.11. The predicted octanol–water partition coefficient (Wildman–Crippen LogP) is 0.838. The number of rotatable bonds is 7. The fourth-order valence-electron chi connectivity index (χ4n) is 2.41. The number of nitrogens with zero attached hydrogens (tertiary/aromatic N) is 2. The van der Waals surface area contributed by atoms with E-state index in [9.17, 15) is 16.8 Å². The van der Waals surface area contributed by atoms with E-state index in [4.69, 9.17) is 5.26 Å². The number of benzene rings is 1. The van der Waals surface area contributed by atoms with E-state index in [-0.39, 0.29) is 16.3 Å². The van der Waals surface area contributed by atoms with Crippen molar-refractivity contribution in [1.29, 1.82) is 5.26 Å². The maximum absolute atomic E-state index is 12.4. The standard InChI is InChI=1S/C16H18N4O4S2/c1-20-10-2-3-13(20)11-18-25(21,22)14-4-6-15(7-5-14)26(23,24)19-16(12-17)8-9-16/h2-7,10,18-19H,8-9,11H2,1H3. The average Bonchev–Trinajstić information content (AvgIpc) is 3.25. The monoisotopic (exact) mass is 394 g/mol. The Bertz CT molecular complexity index is 1060. The molecule has 0 bridgehead atoms. The molecule has 1 aromatic carbocycles. The Morgan fingerprint density at radius 2 is 1.65 bits per heavy atom. The SMILES string of the molecule is Cn1cccc1CNS(=O)(=O)c1ccc(S(=O)(=O)NC2(C#N)CC2)cc1. The van der Waals surface area contributed by atoms with Crippen LogP contribution >= 0.6 is 0 Å². The minimum Gasteiger partial charge on any atom is -0.353 e. The van der Waals surface area contributed by atoms with Crippen molar-refractivity contribution in [1.82, 2.24) is 14.0 Å². The first-order chi connectivity index (χ1) is 12.2. The van der Waals surface area contributed by atoms with E-state index >= 15 is 0 Å². The minimum atomic E-state index is -3.87. The Hall–Kier alpha value is -2.19. The Balaban J connectivity index is 1.74. The summed E-state index contributed by atoms with van der Waals surface area (Å²) in [6.07, 6.45) is 2.75. The van der Waals surface area contributed by atoms with E-state index in [0.717, 1.165) is 5.69 Å². The number of aryl methyl sites for hydroxylation is 1. The molecule has 138 valence electrons. The molecule has 1 aliphatic rings. The Kier molecular flexibility index (Phi) is 4.66. The second kappa shape index (κ2) is 6.51. The summed E-state index contributed by atoms with van der Waals surface area (Å²) >= 11 is 0. The van der Waals surface area contributed by atoms with Crippen LogP contribution in [0.5, 0.6) is 0 Å². The van der Waals surface area contributed by atoms with Crippen molar-refractivity contribution >= 4 is 20.0 Å². The summed E-state index contributed by atoms with van der Waals surface area (Å²) in [7, 11) is -5.84. The molecular formula is C16H18N4O4S2. The number of hydrogen-bond donors (Lipinski definition) is 2. The van der Waals surface area contributed by atoms with Crippen LogP contribution in [0.3, 0.4) is 0 Å². The lowest BCUT2D eigenvalue weighted by atomic mass is 10.3. The zero-order valence-corrected chi connectivity index (χ0v) is 15.6. The average molecular weight is 394 g/mol. The van der Waals surface area contributed by atoms with E-state index in [1.165, 1.54) is 24.3 Å². The fourth-order valence-corrected chi connectivity index (χ4v) is 4.78. The highest BCUT2D eigenvalue weighted by Crippen LogP contribution is 2.36. The van der Waals surface area contributed by atoms with Gasteiger partial charge in [0.05, 0.1) is 22.4 Å². The summed E-state index contributed by atoms with van der Waals surface area (Å²) in [5, 5.41) is 9.01. The fraction of sp³-hybridized carbons (Fsp3) is 0.312. The van der Waals surface area contributed by atoms with E-state index < -0.39 is 25.6 Å². The Morgan fingerprint density at radius 3 is 2.12 bits per heavy atom. The lowest BCUT2D eigenvalue weighted by molar-refractivity contribution is 0.569. The summed E-state index contributed by atoms with van der Waals surface area (Å²) in [4.78, 5) is -0.118. The first-order valence-electron chi connectivity index (χ1n) is 7.83. The van der Waals surface area contributed by atoms with E-state index in [1.807, 2.05) is 25.4 Å². The van der Waals surface area contributed by atoms with Crippen LogP contribution in [-0.4, -0.2) is 26.9 Å². The van der Waals surface area contributed by atoms with Crippen LogP contribution in [0.25, 0.3) is 0 Å². The Morgan fingerprint density at radius 1 is 1.08 bits per heavy atom. The van der Waals surface area contributed by atoms with Gasteiger partial charge in [0, 0.05) is 18.9 Å². The van der Waals surface area contributed by atoms with Gasteiger partial charge in [0.2, 0.25) is 20.0 Å². The number of nitrogens with one attached hydrogen (secondary N) is 2. The van der Waals surface area contributed by atoms with Gasteiger partial charge < -0.3 is 4.57 Å². The molecule has 8 nitrogen and oxygen atoms in total. The molecule has 1 fully saturated rings. The summed E-state index contributed by atoms with van der Waals surface area (Å²) in [5.74, 6) is 0. The van der Waals surface area contributed by atoms with Crippen molar-refractivity contribution in [3.63, 3.8) is 0 Å². The molecule has 0 radical (unpaired) electrons. The molecular weight excluding hydrogens is 376 g/mol. The number of hydrogen-bond acceptors (Lipinski definition) is 5. The van der Waals surface area contributed by atoms with Crippen LogP contribution in [0.1, 0.15) is 18.5 Å². The molecule has 0 unspecified atom stereocenters. The van der Waals surface area contributed by atoms with Gasteiger partial charge in [0.15, 0.2) is 0 Å². The van der Waals surface area contributed by atoms with Crippen LogP contribution in [0, 0.1) is 11.3 Å². The molecule has 26 heavy (non-hydrogen) atoms. The molecule has 2 aromatic rings. The summed E-state index contributed by atoms with van der Waals surface area (Å²) in [5.41, 5.74) is -0.233. The summed E-state index contributed by atoms with van der Waals surface area (Å²) in [6, 6.07) is 10.4. The first kappa shape index (κ1) is 18.6. The predicted molar refractivity (Wildman–Crippen MR) is 93.8 cm³/mol. The van der Waals surface area contributed by atoms with Crippen LogP contribution in [-0.2, 0) is 33.6 Å². The summed E-state index contributed by atoms with van der Waals surface area (Å²) < 4.78 is 55.9. The van der Waals surface area contributed by atoms with Crippen LogP contribution in [0.4, 0.5) is 0 Å². The molecule has 0 aliphatic heterocycles. The smallest absolute Gasteiger partial charge is 0.241 e. The topological polar surface area (TPSA) is 121 Å². The highest BCUT2D eigenvalue weighted by atomic mass is 32.2. The van der Waals surface area contributed by atoms with Crippen molar-refractivity contribution in [2.75, 3.05) is 0 Å². The zero-order valence-electron chi connectivity index (χ0n) is 14.0. The maximum Gasteiger partial charge on any atom is 0.241 e. The highest BCUT2D eigenvalue weighted by Gasteiger charge is 2.46. The van der Waals surface area contributed by atoms with Gasteiger partial charge in [-0.25, -0.2) is 21.6 Å². The van der Waals surface area contributed by atoms with Gasteiger partial charge in [-0.3, -0.25) is 0 Å². The zero-order chi connectivity index (χ0) is 19.0. The molecule has 1 saturated carbocycles. The second-order valence-corrected chi connectivity index (χ2v) is 9.66. The molecule has 2 N–H and O–H groups in total. The van der Waals surface area contributed by atoms with E-state index in [2.05, 4.69) is 9.44 Å². The number of aromatic nitrogens is 1. The van der Waals surface area contributed by atoms with Gasteiger partial charge in [0.25, 0.3) is 0 Å². The highest BCUT2D eigenvalue weighted by molar-refractivity contribution is 7.90. The third kappa shape index (κ3) is 3.81. The van der Waals surface area contributed by atoms with Crippen molar-refractivity contribution in [2.24, 2.45) is 7.05 Å². The maximum atomic E-state index is 12.4. The molecule has 0 spiro atoms. The van der Waals surface area contributed by atoms with Crippen LogP contribution in [0.15, 0.2) is 52.4 Å². The van der Waals surface area contributed by atoms with Gasteiger partial charge in [-0.1, -0.05) is 0 Å². The van der Waals surface area contributed by atoms with Gasteiger partial charge in [0.1, 0.15) is 5.54 Å². The van der Waals surface area contributed by atoms with Crippen molar-refractivity contribution in [2.45, 2.75) is 34.7 Å². The van der Waals surface area contributed by atoms with Crippen molar-refractivity contribution in [3.05, 3.63) is 48.3 Å². The normalized spacial score (nSPS) is 16.2. The van der Waals surface area contributed by atoms with Gasteiger partial charge in [-0.15, -0.1) is 0 Å².